The number of amides is 1. The van der Waals surface area contributed by atoms with Gasteiger partial charge in [0.2, 0.25) is 0 Å². The van der Waals surface area contributed by atoms with Gasteiger partial charge in [-0.05, 0) is 12.1 Å². The van der Waals surface area contributed by atoms with E-state index >= 15 is 0 Å². The molecule has 1 aliphatic heterocycles. The lowest BCUT2D eigenvalue weighted by atomic mass is 10.1. The lowest BCUT2D eigenvalue weighted by Crippen LogP contribution is -2.31. The highest BCUT2D eigenvalue weighted by Gasteiger charge is 2.21. The van der Waals surface area contributed by atoms with E-state index in [2.05, 4.69) is 10.9 Å². The molecule has 2 rings (SSSR count). The summed E-state index contributed by atoms with van der Waals surface area (Å²) in [5, 5.41) is 9.59. The molecule has 4 heteroatoms. The highest BCUT2D eigenvalue weighted by atomic mass is 16.3. The van der Waals surface area contributed by atoms with Crippen LogP contribution in [0.15, 0.2) is 23.2 Å². The Morgan fingerprint density at radius 3 is 3.12 bits per heavy atom. The summed E-state index contributed by atoms with van der Waals surface area (Å²) in [6.07, 6.45) is 6.75. The Kier molecular flexibility index (Phi) is 2.61. The normalized spacial score (nSPS) is 14.2. The van der Waals surface area contributed by atoms with E-state index in [9.17, 15) is 9.90 Å². The molecule has 0 saturated heterocycles. The van der Waals surface area contributed by atoms with E-state index in [1.165, 1.54) is 11.0 Å². The number of hydrogen-bond acceptors (Lipinski definition) is 3. The van der Waals surface area contributed by atoms with Crippen molar-refractivity contribution in [2.45, 2.75) is 0 Å². The second-order valence-electron chi connectivity index (χ2n) is 3.37. The second-order valence-corrected chi connectivity index (χ2v) is 3.37. The molecule has 0 unspecified atom stereocenters. The summed E-state index contributed by atoms with van der Waals surface area (Å²) in [6.45, 7) is 0.594. The van der Waals surface area contributed by atoms with E-state index in [1.807, 2.05) is 0 Å². The molecule has 0 aromatic heterocycles. The smallest absolute Gasteiger partial charge is 0.257 e. The van der Waals surface area contributed by atoms with Gasteiger partial charge in [0.1, 0.15) is 11.4 Å². The Hall–Kier alpha value is -2.28. The largest absolute Gasteiger partial charge is 0.506 e. The number of carbonyl (C=O) groups is 1. The Balaban J connectivity index is 2.48. The van der Waals surface area contributed by atoms with E-state index in [0.29, 0.717) is 17.8 Å². The van der Waals surface area contributed by atoms with Crippen molar-refractivity contribution in [3.05, 3.63) is 23.8 Å². The number of terminal acetylenes is 1. The summed E-state index contributed by atoms with van der Waals surface area (Å²) in [7, 11) is 0. The van der Waals surface area contributed by atoms with Crippen LogP contribution in [-0.4, -0.2) is 35.2 Å². The van der Waals surface area contributed by atoms with Crippen molar-refractivity contribution in [2.75, 3.05) is 13.1 Å². The zero-order valence-electron chi connectivity index (χ0n) is 8.55. The van der Waals surface area contributed by atoms with Crippen molar-refractivity contribution >= 4 is 17.8 Å². The number of hydrogen-bond donors (Lipinski definition) is 1. The number of carbonyl (C=O) groups excluding carboxylic acids is 1. The van der Waals surface area contributed by atoms with E-state index in [0.717, 1.165) is 0 Å². The summed E-state index contributed by atoms with van der Waals surface area (Å²) in [5.41, 5.74) is 0.691. The number of nitrogens with zero attached hydrogens (tertiary/aromatic N) is 2. The van der Waals surface area contributed by atoms with Crippen LogP contribution >= 0.6 is 0 Å². The fraction of sp³-hybridized carbons (Fsp3) is 0.167. The van der Waals surface area contributed by atoms with Gasteiger partial charge >= 0.3 is 0 Å². The Morgan fingerprint density at radius 2 is 2.38 bits per heavy atom. The maximum Gasteiger partial charge on any atom is 0.257 e. The van der Waals surface area contributed by atoms with Gasteiger partial charge in [-0.1, -0.05) is 12.0 Å². The SMILES string of the molecule is C#CCN1CC=Nc2c(O)cccc2C1=O. The van der Waals surface area contributed by atoms with Crippen molar-refractivity contribution < 1.29 is 9.90 Å². The molecule has 0 saturated carbocycles. The molecular formula is C12H10N2O2. The first kappa shape index (κ1) is 10.2. The van der Waals surface area contributed by atoms with Gasteiger partial charge in [0.25, 0.3) is 5.91 Å². The maximum absolute atomic E-state index is 12.0. The molecule has 0 aliphatic carbocycles. The zero-order chi connectivity index (χ0) is 11.5. The summed E-state index contributed by atoms with van der Waals surface area (Å²) in [6, 6.07) is 4.74. The fourth-order valence-electron chi connectivity index (χ4n) is 1.57. The number of fused-ring (bicyclic) bond motifs is 1. The summed E-state index contributed by atoms with van der Waals surface area (Å²) >= 11 is 0. The number of phenols is 1. The van der Waals surface area contributed by atoms with Crippen LogP contribution in [-0.2, 0) is 0 Å². The van der Waals surface area contributed by atoms with Crippen LogP contribution < -0.4 is 0 Å². The molecule has 1 aromatic carbocycles. The molecule has 0 bridgehead atoms. The molecule has 4 nitrogen and oxygen atoms in total. The predicted molar refractivity (Wildman–Crippen MR) is 61.0 cm³/mol. The van der Waals surface area contributed by atoms with Crippen molar-refractivity contribution in [3.63, 3.8) is 0 Å². The van der Waals surface area contributed by atoms with Crippen LogP contribution in [0.4, 0.5) is 5.69 Å². The third kappa shape index (κ3) is 1.63. The standard InChI is InChI=1S/C12H10N2O2/c1-2-7-14-8-6-13-11-9(12(14)16)4-3-5-10(11)15/h1,3-6,15H,7-8H2. The first-order chi connectivity index (χ1) is 7.74. The summed E-state index contributed by atoms with van der Waals surface area (Å²) in [4.78, 5) is 17.6. The van der Waals surface area contributed by atoms with Crippen LogP contribution in [0.2, 0.25) is 0 Å². The Bertz CT molecular complexity index is 500. The molecule has 1 aromatic rings. The third-order valence-corrected chi connectivity index (χ3v) is 2.34. The topological polar surface area (TPSA) is 52.9 Å². The second kappa shape index (κ2) is 4.07. The monoisotopic (exact) mass is 214 g/mol. The molecule has 0 fully saturated rings. The van der Waals surface area contributed by atoms with Crippen LogP contribution in [0.5, 0.6) is 5.75 Å². The number of benzene rings is 1. The summed E-state index contributed by atoms with van der Waals surface area (Å²) in [5.74, 6) is 2.22. The van der Waals surface area contributed by atoms with Gasteiger partial charge in [-0.25, -0.2) is 0 Å². The minimum absolute atomic E-state index is 0.00431. The lowest BCUT2D eigenvalue weighted by Gasteiger charge is -2.16. The maximum atomic E-state index is 12.0. The van der Waals surface area contributed by atoms with Crippen LogP contribution in [0.25, 0.3) is 0 Å². The van der Waals surface area contributed by atoms with E-state index < -0.39 is 0 Å². The molecule has 0 spiro atoms. The van der Waals surface area contributed by atoms with Crippen LogP contribution in [0.1, 0.15) is 10.4 Å². The summed E-state index contributed by atoms with van der Waals surface area (Å²) < 4.78 is 0. The Labute approximate surface area is 93.2 Å². The molecule has 1 N–H and O–H groups in total. The van der Waals surface area contributed by atoms with E-state index in [-0.39, 0.29) is 18.2 Å². The Morgan fingerprint density at radius 1 is 1.56 bits per heavy atom. The number of para-hydroxylation sites is 1. The minimum atomic E-state index is -0.207. The zero-order valence-corrected chi connectivity index (χ0v) is 8.55. The van der Waals surface area contributed by atoms with Crippen molar-refractivity contribution in [1.82, 2.24) is 4.90 Å². The van der Waals surface area contributed by atoms with Gasteiger partial charge in [-0.15, -0.1) is 6.42 Å². The van der Waals surface area contributed by atoms with Gasteiger partial charge < -0.3 is 10.0 Å². The average molecular weight is 214 g/mol. The highest BCUT2D eigenvalue weighted by molar-refractivity contribution is 6.03. The minimum Gasteiger partial charge on any atom is -0.506 e. The van der Waals surface area contributed by atoms with E-state index in [4.69, 9.17) is 6.42 Å². The molecule has 80 valence electrons. The average Bonchev–Trinajstić information content (AvgIpc) is 2.43. The van der Waals surface area contributed by atoms with Gasteiger partial charge in [0.15, 0.2) is 0 Å². The molecule has 0 atom stereocenters. The molecular weight excluding hydrogens is 204 g/mol. The molecule has 1 heterocycles. The van der Waals surface area contributed by atoms with Gasteiger partial charge in [0, 0.05) is 6.21 Å². The van der Waals surface area contributed by atoms with Gasteiger partial charge in [-0.2, -0.15) is 0 Å². The number of aliphatic imine (C=N–C) groups is 1. The van der Waals surface area contributed by atoms with Gasteiger partial charge in [-0.3, -0.25) is 9.79 Å². The first-order valence-corrected chi connectivity index (χ1v) is 4.81. The first-order valence-electron chi connectivity index (χ1n) is 4.81. The van der Waals surface area contributed by atoms with Gasteiger partial charge in [0.05, 0.1) is 18.7 Å². The fourth-order valence-corrected chi connectivity index (χ4v) is 1.57. The lowest BCUT2D eigenvalue weighted by molar-refractivity contribution is 0.0802. The van der Waals surface area contributed by atoms with Crippen LogP contribution in [0, 0.1) is 12.3 Å². The van der Waals surface area contributed by atoms with E-state index in [1.54, 1.807) is 18.3 Å². The van der Waals surface area contributed by atoms with Crippen molar-refractivity contribution in [3.8, 4) is 18.1 Å². The number of rotatable bonds is 1. The molecule has 0 radical (unpaired) electrons. The van der Waals surface area contributed by atoms with Crippen molar-refractivity contribution in [2.24, 2.45) is 4.99 Å². The molecule has 1 aliphatic rings. The number of aromatic hydroxyl groups is 1. The predicted octanol–water partition coefficient (Wildman–Crippen LogP) is 1.18. The number of phenolic OH excluding ortho intramolecular Hbond substituents is 1. The third-order valence-electron chi connectivity index (χ3n) is 2.34. The molecule has 1 amide bonds. The highest BCUT2D eigenvalue weighted by Crippen LogP contribution is 2.31. The van der Waals surface area contributed by atoms with Crippen LogP contribution in [0.3, 0.4) is 0 Å². The molecule has 16 heavy (non-hydrogen) atoms. The van der Waals surface area contributed by atoms with Crippen molar-refractivity contribution in [1.29, 1.82) is 0 Å². The quantitative estimate of drug-likeness (QED) is 0.714.